The fourth-order valence-corrected chi connectivity index (χ4v) is 3.58. The van der Waals surface area contributed by atoms with Gasteiger partial charge in [0.1, 0.15) is 0 Å². The van der Waals surface area contributed by atoms with Crippen molar-refractivity contribution in [3.8, 4) is 0 Å². The van der Waals surface area contributed by atoms with Gasteiger partial charge in [0.15, 0.2) is 6.29 Å². The minimum absolute atomic E-state index is 0.0615. The molecule has 2 heteroatoms. The highest BCUT2D eigenvalue weighted by molar-refractivity contribution is 5.53. The molecule has 1 aliphatic heterocycles. The quantitative estimate of drug-likeness (QED) is 0.565. The van der Waals surface area contributed by atoms with E-state index in [0.717, 1.165) is 13.0 Å². The van der Waals surface area contributed by atoms with Crippen LogP contribution in [0.2, 0.25) is 0 Å². The third-order valence-electron chi connectivity index (χ3n) is 4.78. The summed E-state index contributed by atoms with van der Waals surface area (Å²) >= 11 is 0. The van der Waals surface area contributed by atoms with Crippen LogP contribution in [0.4, 0.5) is 0 Å². The molecule has 2 rings (SSSR count). The SMILES string of the molecule is CCCCC/C(=C\c1ccccc1)[C@H]1OCC(C)(C)[C@H](C(C)C)O1. The van der Waals surface area contributed by atoms with Gasteiger partial charge in [-0.05, 0) is 29.9 Å². The van der Waals surface area contributed by atoms with Crippen LogP contribution in [0.5, 0.6) is 0 Å². The van der Waals surface area contributed by atoms with Crippen molar-refractivity contribution in [1.82, 2.24) is 0 Å². The van der Waals surface area contributed by atoms with Gasteiger partial charge in [-0.2, -0.15) is 0 Å². The Morgan fingerprint density at radius 2 is 1.92 bits per heavy atom. The Hall–Kier alpha value is -1.12. The van der Waals surface area contributed by atoms with Crippen LogP contribution in [-0.4, -0.2) is 19.0 Å². The summed E-state index contributed by atoms with van der Waals surface area (Å²) in [5.41, 5.74) is 2.56. The molecule has 0 aromatic heterocycles. The molecule has 1 aromatic carbocycles. The highest BCUT2D eigenvalue weighted by Gasteiger charge is 2.40. The number of unbranched alkanes of at least 4 members (excludes halogenated alkanes) is 2. The molecule has 0 spiro atoms. The first kappa shape index (κ1) is 19.2. The minimum Gasteiger partial charge on any atom is -0.348 e. The molecule has 1 aromatic rings. The molecule has 1 heterocycles. The Bertz CT molecular complexity index is 516. The average Bonchev–Trinajstić information content (AvgIpc) is 2.54. The van der Waals surface area contributed by atoms with Crippen LogP contribution >= 0.6 is 0 Å². The third-order valence-corrected chi connectivity index (χ3v) is 4.78. The van der Waals surface area contributed by atoms with Gasteiger partial charge in [-0.1, -0.05) is 83.9 Å². The lowest BCUT2D eigenvalue weighted by Gasteiger charge is -2.44. The van der Waals surface area contributed by atoms with Crippen molar-refractivity contribution in [3.05, 3.63) is 41.5 Å². The fraction of sp³-hybridized carbons (Fsp3) is 0.636. The van der Waals surface area contributed by atoms with E-state index in [9.17, 15) is 0 Å². The van der Waals surface area contributed by atoms with Crippen molar-refractivity contribution in [1.29, 1.82) is 0 Å². The summed E-state index contributed by atoms with van der Waals surface area (Å²) in [7, 11) is 0. The van der Waals surface area contributed by atoms with Gasteiger partial charge in [-0.15, -0.1) is 0 Å². The van der Waals surface area contributed by atoms with E-state index < -0.39 is 0 Å². The second-order valence-corrected chi connectivity index (χ2v) is 8.02. The second-order valence-electron chi connectivity index (χ2n) is 8.02. The van der Waals surface area contributed by atoms with Crippen LogP contribution in [0.15, 0.2) is 35.9 Å². The molecule has 0 aliphatic carbocycles. The van der Waals surface area contributed by atoms with E-state index in [1.807, 2.05) is 0 Å². The molecule has 1 saturated heterocycles. The van der Waals surface area contributed by atoms with Gasteiger partial charge < -0.3 is 9.47 Å². The number of hydrogen-bond acceptors (Lipinski definition) is 2. The molecule has 0 saturated carbocycles. The van der Waals surface area contributed by atoms with E-state index in [1.54, 1.807) is 0 Å². The molecule has 1 aliphatic rings. The van der Waals surface area contributed by atoms with Gasteiger partial charge in [0.2, 0.25) is 0 Å². The monoisotopic (exact) mass is 330 g/mol. The summed E-state index contributed by atoms with van der Waals surface area (Å²) in [4.78, 5) is 0. The fourth-order valence-electron chi connectivity index (χ4n) is 3.58. The van der Waals surface area contributed by atoms with Crippen LogP contribution in [0, 0.1) is 11.3 Å². The highest BCUT2D eigenvalue weighted by atomic mass is 16.7. The maximum absolute atomic E-state index is 6.44. The zero-order chi connectivity index (χ0) is 17.6. The molecular weight excluding hydrogens is 296 g/mol. The van der Waals surface area contributed by atoms with Crippen molar-refractivity contribution < 1.29 is 9.47 Å². The van der Waals surface area contributed by atoms with Crippen LogP contribution < -0.4 is 0 Å². The van der Waals surface area contributed by atoms with Gasteiger partial charge in [0, 0.05) is 5.41 Å². The summed E-state index contributed by atoms with van der Waals surface area (Å²) in [6, 6.07) is 10.5. The first-order chi connectivity index (χ1) is 11.4. The lowest BCUT2D eigenvalue weighted by Crippen LogP contribution is -2.48. The zero-order valence-corrected chi connectivity index (χ0v) is 16.0. The normalized spacial score (nSPS) is 24.3. The van der Waals surface area contributed by atoms with E-state index in [0.29, 0.717) is 5.92 Å². The average molecular weight is 331 g/mol. The van der Waals surface area contributed by atoms with Crippen molar-refractivity contribution in [2.24, 2.45) is 11.3 Å². The summed E-state index contributed by atoms with van der Waals surface area (Å²) in [5.74, 6) is 0.486. The van der Waals surface area contributed by atoms with E-state index in [-0.39, 0.29) is 17.8 Å². The molecule has 24 heavy (non-hydrogen) atoms. The number of benzene rings is 1. The lowest BCUT2D eigenvalue weighted by molar-refractivity contribution is -0.254. The van der Waals surface area contributed by atoms with Crippen molar-refractivity contribution in [2.75, 3.05) is 6.61 Å². The minimum atomic E-state index is -0.206. The van der Waals surface area contributed by atoms with Crippen LogP contribution in [0.25, 0.3) is 6.08 Å². The summed E-state index contributed by atoms with van der Waals surface area (Å²) in [6.07, 6.45) is 6.98. The van der Waals surface area contributed by atoms with Gasteiger partial charge in [-0.3, -0.25) is 0 Å². The van der Waals surface area contributed by atoms with Crippen LogP contribution in [-0.2, 0) is 9.47 Å². The third kappa shape index (κ3) is 5.19. The van der Waals surface area contributed by atoms with Gasteiger partial charge >= 0.3 is 0 Å². The number of rotatable bonds is 7. The lowest BCUT2D eigenvalue weighted by atomic mass is 9.80. The summed E-state index contributed by atoms with van der Waals surface area (Å²) < 4.78 is 12.6. The molecule has 0 amide bonds. The van der Waals surface area contributed by atoms with E-state index in [2.05, 4.69) is 71.0 Å². The predicted octanol–water partition coefficient (Wildman–Crippen LogP) is 6.07. The van der Waals surface area contributed by atoms with Gasteiger partial charge in [-0.25, -0.2) is 0 Å². The molecule has 134 valence electrons. The Morgan fingerprint density at radius 1 is 1.21 bits per heavy atom. The van der Waals surface area contributed by atoms with Crippen molar-refractivity contribution >= 4 is 6.08 Å². The zero-order valence-electron chi connectivity index (χ0n) is 16.0. The Kier molecular flexibility index (Phi) is 7.06. The molecule has 2 atom stereocenters. The number of ether oxygens (including phenoxy) is 2. The summed E-state index contributed by atoms with van der Waals surface area (Å²) in [6.45, 7) is 12.0. The standard InChI is InChI=1S/C22H34O2/c1-6-7-9-14-19(15-18-12-10-8-11-13-18)21-23-16-22(4,5)20(24-21)17(2)3/h8,10-13,15,17,20-21H,6-7,9,14,16H2,1-5H3/b19-15+/t20-,21-/m0/s1. The van der Waals surface area contributed by atoms with E-state index in [4.69, 9.17) is 9.47 Å². The molecule has 2 nitrogen and oxygen atoms in total. The molecule has 1 fully saturated rings. The van der Waals surface area contributed by atoms with Crippen molar-refractivity contribution in [2.45, 2.75) is 72.7 Å². The largest absolute Gasteiger partial charge is 0.348 e. The molecule has 0 unspecified atom stereocenters. The predicted molar refractivity (Wildman–Crippen MR) is 102 cm³/mol. The molecule has 0 N–H and O–H groups in total. The Morgan fingerprint density at radius 3 is 2.54 bits per heavy atom. The number of hydrogen-bond donors (Lipinski definition) is 0. The maximum Gasteiger partial charge on any atom is 0.180 e. The van der Waals surface area contributed by atoms with Gasteiger partial charge in [0.05, 0.1) is 12.7 Å². The van der Waals surface area contributed by atoms with Crippen molar-refractivity contribution in [3.63, 3.8) is 0 Å². The summed E-state index contributed by atoms with van der Waals surface area (Å²) in [5, 5.41) is 0. The Balaban J connectivity index is 2.18. The second kappa shape index (κ2) is 8.82. The Labute approximate surface area is 148 Å². The molecule has 0 bridgehead atoms. The van der Waals surface area contributed by atoms with Crippen LogP contribution in [0.1, 0.15) is 65.9 Å². The molecular formula is C22H34O2. The van der Waals surface area contributed by atoms with E-state index >= 15 is 0 Å². The maximum atomic E-state index is 6.44. The first-order valence-corrected chi connectivity index (χ1v) is 9.46. The van der Waals surface area contributed by atoms with E-state index in [1.165, 1.54) is 30.4 Å². The molecule has 0 radical (unpaired) electrons. The highest BCUT2D eigenvalue weighted by Crippen LogP contribution is 2.37. The smallest absolute Gasteiger partial charge is 0.180 e. The van der Waals surface area contributed by atoms with Crippen LogP contribution in [0.3, 0.4) is 0 Å². The first-order valence-electron chi connectivity index (χ1n) is 9.46. The van der Waals surface area contributed by atoms with Gasteiger partial charge in [0.25, 0.3) is 0 Å². The topological polar surface area (TPSA) is 18.5 Å².